The Bertz CT molecular complexity index is 292. The summed E-state index contributed by atoms with van der Waals surface area (Å²) >= 11 is -24.4. The first-order valence-electron chi connectivity index (χ1n) is 2.92. The molecule has 16 nitrogen and oxygen atoms in total. The first-order valence-corrected chi connectivity index (χ1v) is 19.6. The second-order valence-electron chi connectivity index (χ2n) is 1.79. The average molecular weight is 1360 g/mol. The zero-order valence-electron chi connectivity index (χ0n) is 9.82. The minimum Gasteiger partial charge on any atom is 4.00 e. The zero-order valence-corrected chi connectivity index (χ0v) is 31.7. The van der Waals surface area contributed by atoms with E-state index < -0.39 is 80.2 Å². The van der Waals surface area contributed by atoms with Crippen LogP contribution in [-0.4, -0.2) is 162 Å². The predicted octanol–water partition coefficient (Wildman–Crippen LogP) is -17.4. The monoisotopic (exact) mass is 1360 g/mol. The molecule has 128 valence electrons. The summed E-state index contributed by atoms with van der Waals surface area (Å²) in [6.07, 6.45) is 0. The van der Waals surface area contributed by atoms with E-state index in [1.165, 1.54) is 0 Å². The molecule has 23 heteroatoms. The summed E-state index contributed by atoms with van der Waals surface area (Å²) in [7, 11) is 0. The maximum atomic E-state index is 8.64. The van der Waals surface area contributed by atoms with E-state index in [0.717, 1.165) is 0 Å². The third kappa shape index (κ3) is 724. The van der Waals surface area contributed by atoms with E-state index in [2.05, 4.69) is 0 Å². The quantitative estimate of drug-likeness (QED) is 0.203. The van der Waals surface area contributed by atoms with Crippen molar-refractivity contribution in [3.63, 3.8) is 0 Å². The Balaban J connectivity index is -0.0000000284. The van der Waals surface area contributed by atoms with Gasteiger partial charge in [0.15, 0.2) is 0 Å². The maximum absolute atomic E-state index is 8.64. The Hall–Kier alpha value is 4.76. The van der Waals surface area contributed by atoms with Gasteiger partial charge < -0.3 is 0 Å². The van der Waals surface area contributed by atoms with Crippen molar-refractivity contribution in [2.45, 2.75) is 0 Å². The SMILES string of the molecule is [O]=[Sb]([O-])([O-])[O-].[O]=[Sb]([O-])([O-])[O-].[O]=[Sb]([O-])([O-])[O-].[O]=[Sb]([O-])([O-])[O-].[Pb+4].[Pb+4].[Pb+4]. The molecular formula is O16Pb3Sb4. The number of rotatable bonds is 0. The van der Waals surface area contributed by atoms with Crippen molar-refractivity contribution in [1.82, 2.24) is 0 Å². The minimum atomic E-state index is -6.10. The molecule has 0 saturated heterocycles. The molecule has 0 fully saturated rings. The standard InChI is InChI=1S/16O.3Pb.4Sb/q;;;;12*-1;3*+4;;;;. The number of hydrogen-bond acceptors (Lipinski definition) is 16. The van der Waals surface area contributed by atoms with E-state index in [-0.39, 0.29) is 81.9 Å². The summed E-state index contributed by atoms with van der Waals surface area (Å²) in [6, 6.07) is 0. The van der Waals surface area contributed by atoms with E-state index in [1.54, 1.807) is 0 Å². The third-order valence-electron chi connectivity index (χ3n) is 0. The molecule has 0 N–H and O–H groups in total. The third-order valence-corrected chi connectivity index (χ3v) is 0. The molecule has 0 amide bonds. The van der Waals surface area contributed by atoms with E-state index in [9.17, 15) is 0 Å². The molecule has 0 unspecified atom stereocenters. The van der Waals surface area contributed by atoms with Gasteiger partial charge in [-0.05, 0) is 0 Å². The fraction of sp³-hybridized carbons (Fsp3) is 0. The average Bonchev–Trinajstić information content (AvgIpc) is 1.62. The summed E-state index contributed by atoms with van der Waals surface area (Å²) in [6.45, 7) is 0. The molecule has 0 aromatic heterocycles. The molecule has 0 aromatic rings. The molecule has 0 rings (SSSR count). The summed E-state index contributed by atoms with van der Waals surface area (Å²) in [5, 5.41) is 0. The Kier molecular flexibility index (Phi) is 43.1. The second kappa shape index (κ2) is 21.5. The van der Waals surface area contributed by atoms with E-state index in [4.69, 9.17) is 52.7 Å². The van der Waals surface area contributed by atoms with Gasteiger partial charge >= 0.3 is 215 Å². The van der Waals surface area contributed by atoms with Gasteiger partial charge in [0, 0.05) is 0 Å². The van der Waals surface area contributed by atoms with Crippen LogP contribution in [0.5, 0.6) is 0 Å². The van der Waals surface area contributed by atoms with Crippen LogP contribution in [0.15, 0.2) is 0 Å². The van der Waals surface area contributed by atoms with Gasteiger partial charge in [0.25, 0.3) is 0 Å². The smallest absolute Gasteiger partial charge is 4.00 e. The molecule has 23 heavy (non-hydrogen) atoms. The molecule has 0 atom stereocenters. The zero-order chi connectivity index (χ0) is 18.0. The molecule has 0 bridgehead atoms. The van der Waals surface area contributed by atoms with Crippen LogP contribution in [0.1, 0.15) is 0 Å². The fourth-order valence-electron chi connectivity index (χ4n) is 0. The van der Waals surface area contributed by atoms with E-state index in [1.807, 2.05) is 0 Å². The Morgan fingerprint density at radius 3 is 0.304 bits per heavy atom. The van der Waals surface area contributed by atoms with E-state index in [0.29, 0.717) is 0 Å². The van der Waals surface area contributed by atoms with Crippen LogP contribution in [0, 0.1) is 0 Å². The Morgan fingerprint density at radius 1 is 0.304 bits per heavy atom. The normalized spacial score (nSPS) is 10.3. The fourth-order valence-corrected chi connectivity index (χ4v) is 0. The van der Waals surface area contributed by atoms with Crippen molar-refractivity contribution in [2.24, 2.45) is 0 Å². The van der Waals surface area contributed by atoms with Crippen molar-refractivity contribution in [1.29, 1.82) is 0 Å². The predicted molar refractivity (Wildman–Crippen MR) is 43.0 cm³/mol. The van der Waals surface area contributed by atoms with Crippen molar-refractivity contribution in [2.75, 3.05) is 0 Å². The summed E-state index contributed by atoms with van der Waals surface area (Å²) < 4.78 is 138. The van der Waals surface area contributed by atoms with Gasteiger partial charge in [-0.1, -0.05) is 0 Å². The van der Waals surface area contributed by atoms with Gasteiger partial charge in [0.1, 0.15) is 0 Å². The molecule has 0 aliphatic heterocycles. The van der Waals surface area contributed by atoms with Crippen LogP contribution in [-0.2, 0) is 12.1 Å². The topological polar surface area (TPSA) is 345 Å². The van der Waals surface area contributed by atoms with Crippen LogP contribution in [0.2, 0.25) is 0 Å². The first-order chi connectivity index (χ1) is 8.00. The minimum absolute atomic E-state index is 0. The van der Waals surface area contributed by atoms with Crippen LogP contribution in [0.25, 0.3) is 0 Å². The van der Waals surface area contributed by atoms with Crippen LogP contribution in [0.3, 0.4) is 0 Å². The second-order valence-corrected chi connectivity index (χ2v) is 12.0. The van der Waals surface area contributed by atoms with Crippen molar-refractivity contribution in [3.05, 3.63) is 0 Å². The van der Waals surface area contributed by atoms with Crippen molar-refractivity contribution < 1.29 is 52.7 Å². The molecular weight excluding hydrogens is 1360 g/mol. The molecule has 0 heterocycles. The molecule has 0 aromatic carbocycles. The van der Waals surface area contributed by atoms with Gasteiger partial charge in [-0.3, -0.25) is 0 Å². The Morgan fingerprint density at radius 2 is 0.304 bits per heavy atom. The summed E-state index contributed by atoms with van der Waals surface area (Å²) in [5.41, 5.74) is 0. The van der Waals surface area contributed by atoms with Crippen molar-refractivity contribution >= 4 is 162 Å². The molecule has 0 spiro atoms. The van der Waals surface area contributed by atoms with Crippen LogP contribution < -0.4 is 40.6 Å². The summed E-state index contributed by atoms with van der Waals surface area (Å²) in [4.78, 5) is 0. The van der Waals surface area contributed by atoms with Gasteiger partial charge in [-0.15, -0.1) is 0 Å². The van der Waals surface area contributed by atoms with Gasteiger partial charge in [-0.25, -0.2) is 0 Å². The Labute approximate surface area is 210 Å². The van der Waals surface area contributed by atoms with Crippen LogP contribution >= 0.6 is 0 Å². The largest absolute Gasteiger partial charge is 4.00 e. The molecule has 0 saturated carbocycles. The van der Waals surface area contributed by atoms with Crippen LogP contribution in [0.4, 0.5) is 0 Å². The maximum Gasteiger partial charge on any atom is 4.00 e. The van der Waals surface area contributed by atoms with Crippen molar-refractivity contribution in [3.8, 4) is 0 Å². The van der Waals surface area contributed by atoms with E-state index >= 15 is 0 Å². The molecule has 0 radical (unpaired) electrons. The molecule has 0 aliphatic carbocycles. The summed E-state index contributed by atoms with van der Waals surface area (Å²) in [5.74, 6) is 0. The van der Waals surface area contributed by atoms with Gasteiger partial charge in [0.05, 0.1) is 0 Å². The van der Waals surface area contributed by atoms with Gasteiger partial charge in [0.2, 0.25) is 0 Å². The first kappa shape index (κ1) is 46.1. The van der Waals surface area contributed by atoms with Gasteiger partial charge in [-0.2, -0.15) is 0 Å². The molecule has 0 aliphatic rings. The number of hydrogen-bond donors (Lipinski definition) is 0.